The molecule has 3 aromatic carbocycles. The Bertz CT molecular complexity index is 1580. The van der Waals surface area contributed by atoms with E-state index >= 15 is 0 Å². The Morgan fingerprint density at radius 2 is 1.71 bits per heavy atom. The van der Waals surface area contributed by atoms with Crippen LogP contribution < -0.4 is 10.1 Å². The minimum atomic E-state index is -0.756. The fourth-order valence-corrected chi connectivity index (χ4v) is 5.54. The average Bonchev–Trinajstić information content (AvgIpc) is 3.19. The van der Waals surface area contributed by atoms with Crippen molar-refractivity contribution < 1.29 is 19.1 Å². The van der Waals surface area contributed by atoms with E-state index in [4.69, 9.17) is 32.7 Å². The number of nitrogens with one attached hydrogen (secondary N) is 1. The second-order valence-corrected chi connectivity index (χ2v) is 9.67. The molecule has 1 aliphatic carbocycles. The number of nitrogens with zero attached hydrogens (tertiary/aromatic N) is 1. The number of nitriles is 1. The molecule has 0 spiro atoms. The molecule has 190 valence electrons. The van der Waals surface area contributed by atoms with E-state index in [0.717, 1.165) is 5.56 Å². The summed E-state index contributed by atoms with van der Waals surface area (Å²) in [6, 6.07) is 19.8. The Kier molecular flexibility index (Phi) is 6.98. The molecule has 5 rings (SSSR count). The van der Waals surface area contributed by atoms with Gasteiger partial charge in [0.05, 0.1) is 39.6 Å². The summed E-state index contributed by atoms with van der Waals surface area (Å²) < 4.78 is 11.3. The van der Waals surface area contributed by atoms with E-state index in [1.807, 2.05) is 18.2 Å². The van der Waals surface area contributed by atoms with E-state index in [0.29, 0.717) is 44.8 Å². The van der Waals surface area contributed by atoms with Crippen LogP contribution >= 0.6 is 23.2 Å². The molecule has 0 unspecified atom stereocenters. The second-order valence-electron chi connectivity index (χ2n) is 8.85. The van der Waals surface area contributed by atoms with E-state index in [9.17, 15) is 14.9 Å². The number of allylic oxidation sites excluding steroid dienone is 2. The third kappa shape index (κ3) is 4.34. The lowest BCUT2D eigenvalue weighted by Gasteiger charge is -2.29. The summed E-state index contributed by atoms with van der Waals surface area (Å²) in [4.78, 5) is 26.8. The lowest BCUT2D eigenvalue weighted by atomic mass is 9.80. The predicted octanol–water partition coefficient (Wildman–Crippen LogP) is 6.58. The molecular formula is C30H22Cl2N2O4. The number of esters is 1. The van der Waals surface area contributed by atoms with E-state index in [2.05, 4.69) is 11.4 Å². The maximum atomic E-state index is 13.6. The fraction of sp³-hybridized carbons (Fsp3) is 0.167. The van der Waals surface area contributed by atoms with Crippen molar-refractivity contribution in [3.8, 4) is 11.8 Å². The number of carbonyl (C=O) groups is 2. The smallest absolute Gasteiger partial charge is 0.336 e. The van der Waals surface area contributed by atoms with Crippen molar-refractivity contribution >= 4 is 40.7 Å². The fourth-order valence-electron chi connectivity index (χ4n) is 4.93. The number of ether oxygens (including phenoxy) is 2. The van der Waals surface area contributed by atoms with Crippen LogP contribution in [0.1, 0.15) is 52.4 Å². The first kappa shape index (κ1) is 25.6. The number of fused-ring (bicyclic) bond motifs is 2. The van der Waals surface area contributed by atoms with Gasteiger partial charge >= 0.3 is 5.97 Å². The van der Waals surface area contributed by atoms with Crippen molar-refractivity contribution in [1.82, 2.24) is 5.32 Å². The van der Waals surface area contributed by atoms with Gasteiger partial charge < -0.3 is 14.8 Å². The Balaban J connectivity index is 1.58. The van der Waals surface area contributed by atoms with Crippen LogP contribution in [0.25, 0.3) is 5.70 Å². The van der Waals surface area contributed by atoms with Gasteiger partial charge in [-0.25, -0.2) is 4.79 Å². The second kappa shape index (κ2) is 10.4. The third-order valence-electron chi connectivity index (χ3n) is 6.61. The van der Waals surface area contributed by atoms with Crippen molar-refractivity contribution in [2.24, 2.45) is 0 Å². The predicted molar refractivity (Wildman–Crippen MR) is 145 cm³/mol. The molecule has 0 bridgehead atoms. The summed E-state index contributed by atoms with van der Waals surface area (Å²) in [5.74, 6) is -1.22. The molecule has 0 aromatic heterocycles. The standard InChI is InChI=1S/C30H22Cl2N2O4/c1-3-37-30(36)24-16(2)34-27-20-10-6-7-11-21(20)28(35)26(27)25(24)19-12-22(31)29(23(32)13-19)38-15-18-9-5-4-8-17(18)14-33/h4-13,25,34H,3,15H2,1-2H3/t25-/m1/s1. The van der Waals surface area contributed by atoms with Gasteiger partial charge in [0.15, 0.2) is 11.5 Å². The number of benzene rings is 3. The molecule has 1 N–H and O–H groups in total. The van der Waals surface area contributed by atoms with Gasteiger partial charge in [0.1, 0.15) is 6.61 Å². The van der Waals surface area contributed by atoms with Gasteiger partial charge in [-0.1, -0.05) is 65.7 Å². The highest BCUT2D eigenvalue weighted by Crippen LogP contribution is 2.48. The number of carbonyl (C=O) groups excluding carboxylic acids is 2. The van der Waals surface area contributed by atoms with Crippen LogP contribution in [0, 0.1) is 11.3 Å². The third-order valence-corrected chi connectivity index (χ3v) is 7.17. The van der Waals surface area contributed by atoms with Crippen molar-refractivity contribution in [3.05, 3.63) is 115 Å². The molecule has 0 saturated heterocycles. The van der Waals surface area contributed by atoms with Crippen LogP contribution in [0.15, 0.2) is 77.5 Å². The molecule has 38 heavy (non-hydrogen) atoms. The first-order valence-electron chi connectivity index (χ1n) is 12.0. The quantitative estimate of drug-likeness (QED) is 0.353. The van der Waals surface area contributed by atoms with Crippen molar-refractivity contribution in [2.75, 3.05) is 6.61 Å². The molecule has 0 saturated carbocycles. The molecule has 3 aromatic rings. The summed E-state index contributed by atoms with van der Waals surface area (Å²) in [5.41, 5.74) is 5.05. The summed E-state index contributed by atoms with van der Waals surface area (Å²) >= 11 is 13.3. The zero-order valence-electron chi connectivity index (χ0n) is 20.6. The zero-order valence-corrected chi connectivity index (χ0v) is 22.1. The van der Waals surface area contributed by atoms with E-state index in [-0.39, 0.29) is 34.8 Å². The Morgan fingerprint density at radius 3 is 2.39 bits per heavy atom. The summed E-state index contributed by atoms with van der Waals surface area (Å²) in [6.45, 7) is 3.78. The maximum Gasteiger partial charge on any atom is 0.336 e. The number of hydrogen-bond acceptors (Lipinski definition) is 6. The van der Waals surface area contributed by atoms with Gasteiger partial charge in [0.25, 0.3) is 0 Å². The number of ketones is 1. The molecule has 8 heteroatoms. The molecule has 0 fully saturated rings. The highest BCUT2D eigenvalue weighted by Gasteiger charge is 2.43. The lowest BCUT2D eigenvalue weighted by Crippen LogP contribution is -2.29. The van der Waals surface area contributed by atoms with E-state index < -0.39 is 11.9 Å². The van der Waals surface area contributed by atoms with Crippen LogP contribution in [0.3, 0.4) is 0 Å². The highest BCUT2D eigenvalue weighted by atomic mass is 35.5. The molecule has 2 aliphatic rings. The first-order valence-corrected chi connectivity index (χ1v) is 12.7. The van der Waals surface area contributed by atoms with Gasteiger partial charge in [0, 0.05) is 33.9 Å². The molecule has 0 radical (unpaired) electrons. The van der Waals surface area contributed by atoms with Crippen molar-refractivity contribution in [1.29, 1.82) is 5.26 Å². The monoisotopic (exact) mass is 544 g/mol. The zero-order chi connectivity index (χ0) is 27.0. The summed E-state index contributed by atoms with van der Waals surface area (Å²) in [7, 11) is 0. The Morgan fingerprint density at radius 1 is 1.05 bits per heavy atom. The normalized spacial score (nSPS) is 16.0. The van der Waals surface area contributed by atoms with Gasteiger partial charge in [-0.05, 0) is 37.6 Å². The Hall–Kier alpha value is -4.05. The molecule has 1 atom stereocenters. The molecular weight excluding hydrogens is 523 g/mol. The lowest BCUT2D eigenvalue weighted by molar-refractivity contribution is -0.138. The molecule has 6 nitrogen and oxygen atoms in total. The summed E-state index contributed by atoms with van der Waals surface area (Å²) in [5, 5.41) is 13.1. The maximum absolute atomic E-state index is 13.6. The van der Waals surface area contributed by atoms with Crippen LogP contribution in [0.4, 0.5) is 0 Å². The molecule has 1 aliphatic heterocycles. The van der Waals surface area contributed by atoms with E-state index in [1.165, 1.54) is 0 Å². The Labute approximate surface area is 230 Å². The first-order chi connectivity index (χ1) is 18.3. The number of Topliss-reactive ketones (excluding diaryl/α,β-unsaturated/α-hetero) is 1. The van der Waals surface area contributed by atoms with E-state index in [1.54, 1.807) is 56.3 Å². The molecule has 0 amide bonds. The highest BCUT2D eigenvalue weighted by molar-refractivity contribution is 6.37. The number of hydrogen-bond donors (Lipinski definition) is 1. The van der Waals surface area contributed by atoms with Crippen LogP contribution in [0.2, 0.25) is 10.0 Å². The van der Waals surface area contributed by atoms with Gasteiger partial charge in [-0.15, -0.1) is 0 Å². The van der Waals surface area contributed by atoms with Crippen molar-refractivity contribution in [2.45, 2.75) is 26.4 Å². The van der Waals surface area contributed by atoms with Crippen LogP contribution in [-0.4, -0.2) is 18.4 Å². The topological polar surface area (TPSA) is 88.4 Å². The minimum Gasteiger partial charge on any atom is -0.486 e. The number of rotatable bonds is 6. The van der Waals surface area contributed by atoms with Crippen molar-refractivity contribution in [3.63, 3.8) is 0 Å². The van der Waals surface area contributed by atoms with Gasteiger partial charge in [-0.2, -0.15) is 5.26 Å². The summed E-state index contributed by atoms with van der Waals surface area (Å²) in [6.07, 6.45) is 0. The number of halogens is 2. The van der Waals surface area contributed by atoms with Gasteiger partial charge in [-0.3, -0.25) is 4.79 Å². The van der Waals surface area contributed by atoms with Gasteiger partial charge in [0.2, 0.25) is 0 Å². The van der Waals surface area contributed by atoms with Crippen LogP contribution in [-0.2, 0) is 16.1 Å². The number of dihydropyridines is 1. The largest absolute Gasteiger partial charge is 0.486 e. The average molecular weight is 545 g/mol. The molecule has 1 heterocycles. The van der Waals surface area contributed by atoms with Crippen LogP contribution in [0.5, 0.6) is 5.75 Å². The minimum absolute atomic E-state index is 0.0893. The SMILES string of the molecule is CCOC(=O)C1=C(C)NC2=C(C(=O)c3ccccc32)[C@@H]1c1cc(Cl)c(OCc2ccccc2C#N)c(Cl)c1.